The summed E-state index contributed by atoms with van der Waals surface area (Å²) in [6, 6.07) is 7.31. The first-order chi connectivity index (χ1) is 16.5. The maximum absolute atomic E-state index is 13.7. The number of anilines is 1. The second-order valence-electron chi connectivity index (χ2n) is 9.01. The standard InChI is InChI=1S/C25H29N3O4S2/c1-15-9-10-17-20(12-15)34-23-22(17)24(30)28(13-16-6-5-11-32-16)25(27-23)33-14-21(29)26-18-7-3-4-8-19(18)31-2/h3-4,7-8,15-16H,5-6,9-14H2,1-2H3,(H,26,29). The maximum atomic E-state index is 13.7. The topological polar surface area (TPSA) is 82.5 Å². The maximum Gasteiger partial charge on any atom is 0.263 e. The molecule has 2 aromatic heterocycles. The number of hydrogen-bond donors (Lipinski definition) is 1. The van der Waals surface area contributed by atoms with Crippen LogP contribution in [-0.2, 0) is 28.9 Å². The highest BCUT2D eigenvalue weighted by atomic mass is 32.2. The van der Waals surface area contributed by atoms with Gasteiger partial charge in [0.2, 0.25) is 5.91 Å². The number of aromatic nitrogens is 2. The second kappa shape index (κ2) is 10.1. The lowest BCUT2D eigenvalue weighted by molar-refractivity contribution is -0.113. The number of aryl methyl sites for hydroxylation is 1. The molecule has 1 aliphatic heterocycles. The summed E-state index contributed by atoms with van der Waals surface area (Å²) in [5.41, 5.74) is 1.80. The van der Waals surface area contributed by atoms with Gasteiger partial charge < -0.3 is 14.8 Å². The number of thiophene rings is 1. The summed E-state index contributed by atoms with van der Waals surface area (Å²) in [6.07, 6.45) is 4.98. The summed E-state index contributed by atoms with van der Waals surface area (Å²) in [4.78, 5) is 33.4. The predicted octanol–water partition coefficient (Wildman–Crippen LogP) is 4.50. The molecular weight excluding hydrogens is 470 g/mol. The van der Waals surface area contributed by atoms with Gasteiger partial charge in [-0.05, 0) is 55.7 Å². The van der Waals surface area contributed by atoms with Crippen LogP contribution in [0.4, 0.5) is 5.69 Å². The predicted molar refractivity (Wildman–Crippen MR) is 136 cm³/mol. The average Bonchev–Trinajstić information content (AvgIpc) is 3.47. The van der Waals surface area contributed by atoms with Gasteiger partial charge in [-0.1, -0.05) is 30.8 Å². The van der Waals surface area contributed by atoms with Gasteiger partial charge >= 0.3 is 0 Å². The highest BCUT2D eigenvalue weighted by Crippen LogP contribution is 2.36. The van der Waals surface area contributed by atoms with Gasteiger partial charge in [-0.2, -0.15) is 0 Å². The van der Waals surface area contributed by atoms with Gasteiger partial charge in [0, 0.05) is 11.5 Å². The number of carbonyl (C=O) groups is 1. The third kappa shape index (κ3) is 4.74. The van der Waals surface area contributed by atoms with E-state index in [0.717, 1.165) is 48.9 Å². The van der Waals surface area contributed by atoms with Crippen LogP contribution in [0.25, 0.3) is 10.2 Å². The molecule has 0 saturated carbocycles. The van der Waals surface area contributed by atoms with Crippen molar-refractivity contribution in [1.82, 2.24) is 9.55 Å². The summed E-state index contributed by atoms with van der Waals surface area (Å²) in [5, 5.41) is 4.25. The van der Waals surface area contributed by atoms with Crippen LogP contribution in [-0.4, -0.2) is 41.0 Å². The number of rotatable bonds is 7. The van der Waals surface area contributed by atoms with Gasteiger partial charge in [0.15, 0.2) is 5.16 Å². The summed E-state index contributed by atoms with van der Waals surface area (Å²) < 4.78 is 12.9. The third-order valence-corrected chi connectivity index (χ3v) is 8.63. The van der Waals surface area contributed by atoms with Crippen molar-refractivity contribution in [2.24, 2.45) is 5.92 Å². The van der Waals surface area contributed by atoms with Crippen molar-refractivity contribution in [3.63, 3.8) is 0 Å². The van der Waals surface area contributed by atoms with Crippen molar-refractivity contribution in [1.29, 1.82) is 0 Å². The molecule has 180 valence electrons. The van der Waals surface area contributed by atoms with Gasteiger partial charge in [-0.25, -0.2) is 4.98 Å². The quantitative estimate of drug-likeness (QED) is 0.381. The molecule has 2 aliphatic rings. The minimum Gasteiger partial charge on any atom is -0.495 e. The van der Waals surface area contributed by atoms with Gasteiger partial charge in [0.1, 0.15) is 10.6 Å². The van der Waals surface area contributed by atoms with Gasteiger partial charge in [0.05, 0.1) is 36.6 Å². The fourth-order valence-electron chi connectivity index (χ4n) is 4.73. The fraction of sp³-hybridized carbons (Fsp3) is 0.480. The highest BCUT2D eigenvalue weighted by molar-refractivity contribution is 7.99. The molecular formula is C25H29N3O4S2. The third-order valence-electron chi connectivity index (χ3n) is 6.50. The fourth-order valence-corrected chi connectivity index (χ4v) is 6.96. The second-order valence-corrected chi connectivity index (χ2v) is 11.0. The number of amides is 1. The molecule has 1 fully saturated rings. The lowest BCUT2D eigenvalue weighted by atomic mass is 9.89. The van der Waals surface area contributed by atoms with Crippen molar-refractivity contribution < 1.29 is 14.3 Å². The molecule has 1 amide bonds. The lowest BCUT2D eigenvalue weighted by Crippen LogP contribution is -2.29. The van der Waals surface area contributed by atoms with Crippen LogP contribution in [0.5, 0.6) is 5.75 Å². The highest BCUT2D eigenvalue weighted by Gasteiger charge is 2.26. The van der Waals surface area contributed by atoms with E-state index in [1.165, 1.54) is 22.2 Å². The van der Waals surface area contributed by atoms with E-state index in [1.54, 1.807) is 35.1 Å². The van der Waals surface area contributed by atoms with Crippen molar-refractivity contribution in [2.75, 3.05) is 24.8 Å². The van der Waals surface area contributed by atoms with Crippen molar-refractivity contribution in [3.05, 3.63) is 45.1 Å². The van der Waals surface area contributed by atoms with Gasteiger partial charge in [0.25, 0.3) is 5.56 Å². The Morgan fingerprint density at radius 3 is 3.00 bits per heavy atom. The minimum absolute atomic E-state index is 0.000176. The molecule has 34 heavy (non-hydrogen) atoms. The zero-order valence-corrected chi connectivity index (χ0v) is 21.1. The molecule has 2 atom stereocenters. The van der Waals surface area contributed by atoms with Crippen molar-refractivity contribution in [3.8, 4) is 5.75 Å². The number of ether oxygens (including phenoxy) is 2. The van der Waals surface area contributed by atoms with Crippen molar-refractivity contribution >= 4 is 44.9 Å². The van der Waals surface area contributed by atoms with E-state index in [-0.39, 0.29) is 23.3 Å². The molecule has 0 bridgehead atoms. The van der Waals surface area contributed by atoms with E-state index in [2.05, 4.69) is 12.2 Å². The molecule has 1 saturated heterocycles. The van der Waals surface area contributed by atoms with E-state index in [1.807, 2.05) is 12.1 Å². The van der Waals surface area contributed by atoms with E-state index < -0.39 is 0 Å². The molecule has 7 nitrogen and oxygen atoms in total. The first-order valence-corrected chi connectivity index (χ1v) is 13.6. The number of thioether (sulfide) groups is 1. The number of nitrogens with one attached hydrogen (secondary N) is 1. The van der Waals surface area contributed by atoms with Gasteiger partial charge in [-0.15, -0.1) is 11.3 Å². The van der Waals surface area contributed by atoms with Crippen LogP contribution in [0.3, 0.4) is 0 Å². The Labute approximate surface area is 206 Å². The van der Waals surface area contributed by atoms with Crippen LogP contribution in [0.2, 0.25) is 0 Å². The van der Waals surface area contributed by atoms with Crippen LogP contribution < -0.4 is 15.6 Å². The zero-order valence-electron chi connectivity index (χ0n) is 19.5. The van der Waals surface area contributed by atoms with Crippen LogP contribution in [0.1, 0.15) is 36.6 Å². The number of fused-ring (bicyclic) bond motifs is 3. The van der Waals surface area contributed by atoms with Crippen LogP contribution in [0.15, 0.2) is 34.2 Å². The Balaban J connectivity index is 1.44. The Kier molecular flexibility index (Phi) is 6.94. The summed E-state index contributed by atoms with van der Waals surface area (Å²) in [7, 11) is 1.57. The molecule has 0 spiro atoms. The normalized spacial score (nSPS) is 19.8. The largest absolute Gasteiger partial charge is 0.495 e. The smallest absolute Gasteiger partial charge is 0.263 e. The summed E-state index contributed by atoms with van der Waals surface area (Å²) >= 11 is 2.94. The zero-order chi connectivity index (χ0) is 23.7. The molecule has 1 aliphatic carbocycles. The molecule has 5 rings (SSSR count). The summed E-state index contributed by atoms with van der Waals surface area (Å²) in [6.45, 7) is 3.46. The number of nitrogens with zero attached hydrogens (tertiary/aromatic N) is 2. The molecule has 9 heteroatoms. The van der Waals surface area contributed by atoms with Crippen LogP contribution >= 0.6 is 23.1 Å². The van der Waals surface area contributed by atoms with E-state index >= 15 is 0 Å². The van der Waals surface area contributed by atoms with E-state index in [4.69, 9.17) is 14.5 Å². The van der Waals surface area contributed by atoms with Gasteiger partial charge in [-0.3, -0.25) is 14.2 Å². The molecule has 1 aromatic carbocycles. The monoisotopic (exact) mass is 499 g/mol. The molecule has 3 aromatic rings. The van der Waals surface area contributed by atoms with Crippen molar-refractivity contribution in [2.45, 2.75) is 56.8 Å². The summed E-state index contributed by atoms with van der Waals surface area (Å²) in [5.74, 6) is 1.20. The molecule has 3 heterocycles. The van der Waals surface area contributed by atoms with E-state index in [9.17, 15) is 9.59 Å². The van der Waals surface area contributed by atoms with Crippen LogP contribution in [0, 0.1) is 5.92 Å². The Bertz CT molecular complexity index is 1260. The van der Waals surface area contributed by atoms with E-state index in [0.29, 0.717) is 29.1 Å². The first-order valence-electron chi connectivity index (χ1n) is 11.8. The SMILES string of the molecule is COc1ccccc1NC(=O)CSc1nc2sc3c(c2c(=O)n1CC1CCCO1)CCC(C)C3. The number of benzene rings is 1. The number of methoxy groups -OCH3 is 1. The number of para-hydroxylation sites is 2. The Morgan fingerprint density at radius 1 is 1.35 bits per heavy atom. The number of carbonyl (C=O) groups excluding carboxylic acids is 1. The average molecular weight is 500 g/mol. The first kappa shape index (κ1) is 23.4. The number of hydrogen-bond acceptors (Lipinski definition) is 7. The molecule has 1 N–H and O–H groups in total. The Morgan fingerprint density at radius 2 is 2.21 bits per heavy atom. The molecule has 0 radical (unpaired) electrons. The minimum atomic E-state index is -0.174. The molecule has 2 unspecified atom stereocenters. The Hall–Kier alpha value is -2.36. The lowest BCUT2D eigenvalue weighted by Gasteiger charge is -2.18.